The fourth-order valence-corrected chi connectivity index (χ4v) is 2.32. The lowest BCUT2D eigenvalue weighted by Gasteiger charge is -2.06. The van der Waals surface area contributed by atoms with Crippen LogP contribution in [0.5, 0.6) is 0 Å². The molecule has 0 spiro atoms. The molecule has 3 rings (SSSR count). The van der Waals surface area contributed by atoms with Crippen molar-refractivity contribution in [2.75, 3.05) is 5.32 Å². The number of nitrogens with zero attached hydrogens (tertiary/aromatic N) is 5. The molecule has 0 saturated carbocycles. The van der Waals surface area contributed by atoms with Crippen LogP contribution in [0.2, 0.25) is 0 Å². The van der Waals surface area contributed by atoms with E-state index in [9.17, 15) is 29.4 Å². The summed E-state index contributed by atoms with van der Waals surface area (Å²) in [6.07, 6.45) is 1.23. The van der Waals surface area contributed by atoms with E-state index in [4.69, 9.17) is 0 Å². The predicted octanol–water partition coefficient (Wildman–Crippen LogP) is 2.54. The smallest absolute Gasteiger partial charge is 0.271 e. The maximum Gasteiger partial charge on any atom is 0.271 e. The van der Waals surface area contributed by atoms with E-state index < -0.39 is 21.6 Å². The van der Waals surface area contributed by atoms with Crippen molar-refractivity contribution in [3.05, 3.63) is 74.8 Å². The lowest BCUT2D eigenvalue weighted by Crippen LogP contribution is -2.19. The molecule has 1 amide bonds. The summed E-state index contributed by atoms with van der Waals surface area (Å²) in [5.41, 5.74) is -0.450. The van der Waals surface area contributed by atoms with Crippen molar-refractivity contribution in [1.29, 1.82) is 0 Å². The van der Waals surface area contributed by atoms with Crippen LogP contribution < -0.4 is 5.32 Å². The van der Waals surface area contributed by atoms with Crippen molar-refractivity contribution in [3.63, 3.8) is 0 Å². The van der Waals surface area contributed by atoms with Crippen LogP contribution in [-0.2, 0) is 11.3 Å². The van der Waals surface area contributed by atoms with Gasteiger partial charge < -0.3 is 5.32 Å². The topological polar surface area (TPSA) is 146 Å². The minimum absolute atomic E-state index is 0.132. The summed E-state index contributed by atoms with van der Waals surface area (Å²) in [6, 6.07) is 8.43. The lowest BCUT2D eigenvalue weighted by atomic mass is 10.2. The summed E-state index contributed by atoms with van der Waals surface area (Å²) in [7, 11) is 0. The van der Waals surface area contributed by atoms with Gasteiger partial charge in [-0.2, -0.15) is 5.10 Å². The first-order chi connectivity index (χ1) is 13.3. The fourth-order valence-electron chi connectivity index (χ4n) is 2.32. The number of hydrogen-bond acceptors (Lipinski definition) is 7. The second-order valence-electron chi connectivity index (χ2n) is 5.54. The number of nitro groups is 2. The van der Waals surface area contributed by atoms with Crippen LogP contribution in [0.3, 0.4) is 0 Å². The third kappa shape index (κ3) is 4.12. The normalized spacial score (nSPS) is 10.5. The Morgan fingerprint density at radius 2 is 1.82 bits per heavy atom. The Kier molecular flexibility index (Phi) is 5.02. The first-order valence-electron chi connectivity index (χ1n) is 7.71. The molecule has 0 atom stereocenters. The van der Waals surface area contributed by atoms with Gasteiger partial charge in [-0.05, 0) is 6.07 Å². The van der Waals surface area contributed by atoms with Crippen molar-refractivity contribution in [3.8, 4) is 11.4 Å². The predicted molar refractivity (Wildman–Crippen MR) is 93.8 cm³/mol. The van der Waals surface area contributed by atoms with E-state index in [1.165, 1.54) is 24.5 Å². The number of nitrogens with one attached hydrogen (secondary N) is 1. The van der Waals surface area contributed by atoms with Crippen molar-refractivity contribution in [1.82, 2.24) is 14.8 Å². The van der Waals surface area contributed by atoms with Crippen LogP contribution in [0.1, 0.15) is 0 Å². The van der Waals surface area contributed by atoms with Crippen LogP contribution in [0.15, 0.2) is 48.8 Å². The van der Waals surface area contributed by atoms with E-state index in [2.05, 4.69) is 15.4 Å². The summed E-state index contributed by atoms with van der Waals surface area (Å²) >= 11 is 0. The Morgan fingerprint density at radius 3 is 2.54 bits per heavy atom. The van der Waals surface area contributed by atoms with Crippen LogP contribution in [0.4, 0.5) is 21.5 Å². The van der Waals surface area contributed by atoms with Crippen molar-refractivity contribution in [2.24, 2.45) is 0 Å². The quantitative estimate of drug-likeness (QED) is 0.506. The molecule has 12 heteroatoms. The zero-order valence-corrected chi connectivity index (χ0v) is 14.0. The zero-order valence-electron chi connectivity index (χ0n) is 14.0. The number of anilines is 1. The maximum atomic E-state index is 13.7. The first-order valence-corrected chi connectivity index (χ1v) is 7.71. The maximum absolute atomic E-state index is 13.7. The largest absolute Gasteiger partial charge is 0.322 e. The van der Waals surface area contributed by atoms with Crippen molar-refractivity contribution >= 4 is 23.0 Å². The van der Waals surface area contributed by atoms with E-state index in [-0.39, 0.29) is 29.4 Å². The molecule has 1 aromatic heterocycles. The highest BCUT2D eigenvalue weighted by Crippen LogP contribution is 2.22. The number of carbonyl (C=O) groups excluding carboxylic acids is 1. The number of halogens is 1. The molecule has 0 aliphatic carbocycles. The van der Waals surface area contributed by atoms with Gasteiger partial charge in [0, 0.05) is 29.8 Å². The highest BCUT2D eigenvalue weighted by atomic mass is 19.1. The van der Waals surface area contributed by atoms with E-state index in [1.54, 1.807) is 6.07 Å². The summed E-state index contributed by atoms with van der Waals surface area (Å²) in [4.78, 5) is 36.4. The molecule has 0 fully saturated rings. The molecule has 3 aromatic rings. The highest BCUT2D eigenvalue weighted by Gasteiger charge is 2.15. The van der Waals surface area contributed by atoms with Gasteiger partial charge in [0.05, 0.1) is 15.5 Å². The van der Waals surface area contributed by atoms with Gasteiger partial charge in [0.25, 0.3) is 11.4 Å². The number of rotatable bonds is 6. The van der Waals surface area contributed by atoms with Crippen molar-refractivity contribution < 1.29 is 19.0 Å². The van der Waals surface area contributed by atoms with E-state index in [0.29, 0.717) is 5.56 Å². The minimum atomic E-state index is -0.824. The Hall–Kier alpha value is -4.22. The molecule has 2 aromatic carbocycles. The number of amides is 1. The molecule has 11 nitrogen and oxygen atoms in total. The van der Waals surface area contributed by atoms with Gasteiger partial charge in [-0.1, -0.05) is 12.1 Å². The van der Waals surface area contributed by atoms with Crippen LogP contribution in [0, 0.1) is 26.0 Å². The number of hydrogen-bond donors (Lipinski definition) is 1. The van der Waals surface area contributed by atoms with Crippen molar-refractivity contribution in [2.45, 2.75) is 6.54 Å². The number of carbonyl (C=O) groups is 1. The summed E-state index contributed by atoms with van der Waals surface area (Å²) < 4.78 is 14.9. The van der Waals surface area contributed by atoms with Crippen LogP contribution in [-0.4, -0.2) is 30.5 Å². The molecule has 1 heterocycles. The first kappa shape index (κ1) is 18.6. The SMILES string of the molecule is O=C(Cn1cnc(-c2cccc([N+](=O)[O-])c2)n1)Nc1cc([N+](=O)[O-])ccc1F. The molecule has 142 valence electrons. The molecular weight excluding hydrogens is 375 g/mol. The van der Waals surface area contributed by atoms with Gasteiger partial charge in [-0.3, -0.25) is 25.0 Å². The van der Waals surface area contributed by atoms with Gasteiger partial charge in [0.15, 0.2) is 5.82 Å². The highest BCUT2D eigenvalue weighted by molar-refractivity contribution is 5.91. The molecule has 0 bridgehead atoms. The fraction of sp³-hybridized carbons (Fsp3) is 0.0625. The van der Waals surface area contributed by atoms with Gasteiger partial charge in [0.1, 0.15) is 18.7 Å². The minimum Gasteiger partial charge on any atom is -0.322 e. The average Bonchev–Trinajstić information content (AvgIpc) is 3.11. The second kappa shape index (κ2) is 7.57. The van der Waals surface area contributed by atoms with E-state index in [1.807, 2.05) is 0 Å². The van der Waals surface area contributed by atoms with Gasteiger partial charge in [0.2, 0.25) is 5.91 Å². The van der Waals surface area contributed by atoms with Gasteiger partial charge in [-0.25, -0.2) is 14.1 Å². The Balaban J connectivity index is 1.73. The molecule has 0 unspecified atom stereocenters. The summed E-state index contributed by atoms with van der Waals surface area (Å²) in [6.45, 7) is -0.343. The summed E-state index contributed by atoms with van der Waals surface area (Å²) in [5.74, 6) is -1.34. The monoisotopic (exact) mass is 386 g/mol. The second-order valence-corrected chi connectivity index (χ2v) is 5.54. The van der Waals surface area contributed by atoms with Gasteiger partial charge in [-0.15, -0.1) is 0 Å². The third-order valence-corrected chi connectivity index (χ3v) is 3.59. The standard InChI is InChI=1S/C16H11FN6O5/c17-13-5-4-12(23(27)28)7-14(13)19-15(24)8-21-9-18-16(20-21)10-2-1-3-11(6-10)22(25)26/h1-7,9H,8H2,(H,19,24). The number of non-ortho nitro benzene ring substituents is 2. The molecule has 0 radical (unpaired) electrons. The Bertz CT molecular complexity index is 1080. The van der Waals surface area contributed by atoms with Crippen LogP contribution >= 0.6 is 0 Å². The molecule has 0 aliphatic rings. The van der Waals surface area contributed by atoms with Gasteiger partial charge >= 0.3 is 0 Å². The zero-order chi connectivity index (χ0) is 20.3. The number of aromatic nitrogens is 3. The molecule has 28 heavy (non-hydrogen) atoms. The molecular formula is C16H11FN6O5. The number of benzene rings is 2. The third-order valence-electron chi connectivity index (χ3n) is 3.59. The Morgan fingerprint density at radius 1 is 1.11 bits per heavy atom. The summed E-state index contributed by atoms with van der Waals surface area (Å²) in [5, 5.41) is 27.9. The molecule has 0 saturated heterocycles. The van der Waals surface area contributed by atoms with E-state index in [0.717, 1.165) is 22.9 Å². The Labute approximate surface area is 155 Å². The molecule has 0 aliphatic heterocycles. The number of nitro benzene ring substituents is 2. The van der Waals surface area contributed by atoms with E-state index >= 15 is 0 Å². The molecule has 1 N–H and O–H groups in total. The average molecular weight is 386 g/mol. The van der Waals surface area contributed by atoms with Crippen LogP contribution in [0.25, 0.3) is 11.4 Å². The lowest BCUT2D eigenvalue weighted by molar-refractivity contribution is -0.385.